The first-order valence-electron chi connectivity index (χ1n) is 11.6. The molecule has 0 amide bonds. The fourth-order valence-electron chi connectivity index (χ4n) is 5.37. The van der Waals surface area contributed by atoms with Crippen LogP contribution in [-0.2, 0) is 9.53 Å². The van der Waals surface area contributed by atoms with Crippen LogP contribution in [0.5, 0.6) is 0 Å². The lowest BCUT2D eigenvalue weighted by Gasteiger charge is -2.42. The minimum atomic E-state index is -0.304. The predicted octanol–water partition coefficient (Wildman–Crippen LogP) is 3.81. The van der Waals surface area contributed by atoms with Gasteiger partial charge in [0.05, 0.1) is 7.11 Å². The van der Waals surface area contributed by atoms with Gasteiger partial charge < -0.3 is 15.4 Å². The first-order valence-corrected chi connectivity index (χ1v) is 11.6. The number of benzene rings is 2. The van der Waals surface area contributed by atoms with Crippen LogP contribution in [0.1, 0.15) is 42.9 Å². The van der Waals surface area contributed by atoms with Gasteiger partial charge in [0, 0.05) is 24.3 Å². The van der Waals surface area contributed by atoms with Crippen LogP contribution in [0.4, 0.5) is 5.69 Å². The average molecular weight is 435 g/mol. The summed E-state index contributed by atoms with van der Waals surface area (Å²) in [5, 5.41) is 7.55. The Morgan fingerprint density at radius 2 is 1.50 bits per heavy atom. The van der Waals surface area contributed by atoms with Gasteiger partial charge in [0.2, 0.25) is 0 Å². The number of nitrogens with one attached hydrogen (secondary N) is 1. The lowest BCUT2D eigenvalue weighted by atomic mass is 9.78. The number of esters is 1. The Morgan fingerprint density at radius 1 is 0.938 bits per heavy atom. The second-order valence-corrected chi connectivity index (χ2v) is 8.99. The van der Waals surface area contributed by atoms with Gasteiger partial charge in [0.25, 0.3) is 0 Å². The topological polar surface area (TPSA) is 82.7 Å². The van der Waals surface area contributed by atoms with Crippen LogP contribution < -0.4 is 10.6 Å². The summed E-state index contributed by atoms with van der Waals surface area (Å²) >= 11 is 0. The summed E-state index contributed by atoms with van der Waals surface area (Å²) in [6.07, 6.45) is 4.69. The van der Waals surface area contributed by atoms with E-state index in [0.29, 0.717) is 0 Å². The van der Waals surface area contributed by atoms with E-state index in [0.717, 1.165) is 62.0 Å². The van der Waals surface area contributed by atoms with Crippen molar-refractivity contribution >= 4 is 17.5 Å². The second-order valence-electron chi connectivity index (χ2n) is 8.99. The molecule has 1 atom stereocenters. The van der Waals surface area contributed by atoms with Crippen molar-refractivity contribution in [3.63, 3.8) is 0 Å². The van der Waals surface area contributed by atoms with Crippen molar-refractivity contribution < 1.29 is 9.53 Å². The number of likely N-dealkylation sites (tertiary alicyclic amines) is 1. The molecule has 6 heteroatoms. The largest absolute Gasteiger partial charge is 0.468 e. The molecule has 0 bridgehead atoms. The fourth-order valence-corrected chi connectivity index (χ4v) is 5.37. The summed E-state index contributed by atoms with van der Waals surface area (Å²) in [5.41, 5.74) is 8.57. The van der Waals surface area contributed by atoms with Crippen LogP contribution in [0.3, 0.4) is 0 Å². The molecule has 3 N–H and O–H groups in total. The molecular formula is C26H34N4O2. The standard InChI is InChI=1S/C26H34N4O2/c1-32-26(31)24(21-5-3-2-4-6-21)30-17-13-20(14-18-30)19-11-15-29(16-12-19)23-9-7-22(8-10-23)25(27)28/h2-10,19-20,24H,11-18H2,1H3,(H3,27,28). The van der Waals surface area contributed by atoms with Crippen molar-refractivity contribution in [1.82, 2.24) is 4.90 Å². The van der Waals surface area contributed by atoms with Crippen molar-refractivity contribution in [3.05, 3.63) is 65.7 Å². The molecule has 0 radical (unpaired) electrons. The lowest BCUT2D eigenvalue weighted by Crippen LogP contribution is -2.43. The first-order chi connectivity index (χ1) is 15.6. The second kappa shape index (κ2) is 10.2. The van der Waals surface area contributed by atoms with Crippen LogP contribution in [-0.4, -0.2) is 50.0 Å². The number of carbonyl (C=O) groups is 1. The zero-order valence-electron chi connectivity index (χ0n) is 18.9. The third kappa shape index (κ3) is 4.96. The molecule has 0 aliphatic carbocycles. The molecular weight excluding hydrogens is 400 g/mol. The maximum atomic E-state index is 12.5. The Kier molecular flexibility index (Phi) is 7.10. The molecule has 2 saturated heterocycles. The van der Waals surface area contributed by atoms with Crippen molar-refractivity contribution in [2.75, 3.05) is 38.2 Å². The quantitative estimate of drug-likeness (QED) is 0.410. The molecule has 0 aromatic heterocycles. The van der Waals surface area contributed by atoms with Crippen molar-refractivity contribution in [2.24, 2.45) is 17.6 Å². The van der Waals surface area contributed by atoms with E-state index in [9.17, 15) is 4.79 Å². The number of piperidine rings is 2. The van der Waals surface area contributed by atoms with Crippen LogP contribution in [0, 0.1) is 17.2 Å². The maximum absolute atomic E-state index is 12.5. The molecule has 2 fully saturated rings. The number of hydrogen-bond acceptors (Lipinski definition) is 5. The van der Waals surface area contributed by atoms with Crippen molar-refractivity contribution in [1.29, 1.82) is 5.41 Å². The van der Waals surface area contributed by atoms with E-state index in [-0.39, 0.29) is 17.8 Å². The molecule has 2 aliphatic rings. The van der Waals surface area contributed by atoms with Gasteiger partial charge in [-0.15, -0.1) is 0 Å². The van der Waals surface area contributed by atoms with E-state index >= 15 is 0 Å². The van der Waals surface area contributed by atoms with Gasteiger partial charge >= 0.3 is 5.97 Å². The summed E-state index contributed by atoms with van der Waals surface area (Å²) in [5.74, 6) is 1.42. The van der Waals surface area contributed by atoms with E-state index in [1.54, 1.807) is 0 Å². The van der Waals surface area contributed by atoms with Gasteiger partial charge in [-0.2, -0.15) is 0 Å². The van der Waals surface area contributed by atoms with Gasteiger partial charge in [-0.05, 0) is 80.4 Å². The minimum absolute atomic E-state index is 0.114. The predicted molar refractivity (Wildman–Crippen MR) is 128 cm³/mol. The number of anilines is 1. The van der Waals surface area contributed by atoms with Crippen LogP contribution in [0.25, 0.3) is 0 Å². The molecule has 32 heavy (non-hydrogen) atoms. The molecule has 4 rings (SSSR count). The molecule has 2 aliphatic heterocycles. The lowest BCUT2D eigenvalue weighted by molar-refractivity contribution is -0.148. The number of amidine groups is 1. The number of nitrogen functional groups attached to an aromatic ring is 1. The highest BCUT2D eigenvalue weighted by Gasteiger charge is 2.35. The molecule has 6 nitrogen and oxygen atoms in total. The molecule has 2 aromatic carbocycles. The SMILES string of the molecule is COC(=O)C(c1ccccc1)N1CCC(C2CCN(c3ccc(C(=N)N)cc3)CC2)CC1. The number of nitrogens with two attached hydrogens (primary N) is 1. The molecule has 0 spiro atoms. The zero-order valence-corrected chi connectivity index (χ0v) is 18.9. The highest BCUT2D eigenvalue weighted by molar-refractivity contribution is 5.95. The summed E-state index contributed by atoms with van der Waals surface area (Å²) in [6, 6.07) is 17.7. The Labute approximate surface area is 190 Å². The van der Waals surface area contributed by atoms with E-state index < -0.39 is 0 Å². The maximum Gasteiger partial charge on any atom is 0.327 e. The third-order valence-corrected chi connectivity index (χ3v) is 7.23. The Hall–Kier alpha value is -2.86. The minimum Gasteiger partial charge on any atom is -0.468 e. The van der Waals surface area contributed by atoms with E-state index in [1.807, 2.05) is 42.5 Å². The van der Waals surface area contributed by atoms with Crippen molar-refractivity contribution in [3.8, 4) is 0 Å². The Balaban J connectivity index is 1.31. The number of nitrogens with zero attached hydrogens (tertiary/aromatic N) is 2. The molecule has 0 saturated carbocycles. The third-order valence-electron chi connectivity index (χ3n) is 7.23. The monoisotopic (exact) mass is 434 g/mol. The van der Waals surface area contributed by atoms with Gasteiger partial charge in [0.15, 0.2) is 0 Å². The number of carbonyl (C=O) groups excluding carboxylic acids is 1. The van der Waals surface area contributed by atoms with Gasteiger partial charge in [-0.25, -0.2) is 4.79 Å². The Bertz CT molecular complexity index is 899. The van der Waals surface area contributed by atoms with Gasteiger partial charge in [0.1, 0.15) is 11.9 Å². The molecule has 170 valence electrons. The normalized spacial score (nSPS) is 19.5. The fraction of sp³-hybridized carbons (Fsp3) is 0.462. The zero-order chi connectivity index (χ0) is 22.5. The smallest absolute Gasteiger partial charge is 0.327 e. The van der Waals surface area contributed by atoms with Crippen LogP contribution in [0.2, 0.25) is 0 Å². The van der Waals surface area contributed by atoms with E-state index in [4.69, 9.17) is 15.9 Å². The van der Waals surface area contributed by atoms with Gasteiger partial charge in [-0.1, -0.05) is 30.3 Å². The van der Waals surface area contributed by atoms with Crippen molar-refractivity contribution in [2.45, 2.75) is 31.7 Å². The number of hydrogen-bond donors (Lipinski definition) is 2. The van der Waals surface area contributed by atoms with Gasteiger partial charge in [-0.3, -0.25) is 10.3 Å². The van der Waals surface area contributed by atoms with Crippen LogP contribution in [0.15, 0.2) is 54.6 Å². The Morgan fingerprint density at radius 3 is 2.03 bits per heavy atom. The summed E-state index contributed by atoms with van der Waals surface area (Å²) in [4.78, 5) is 17.3. The summed E-state index contributed by atoms with van der Waals surface area (Å²) in [7, 11) is 1.48. The number of ether oxygens (including phenoxy) is 1. The molecule has 2 aromatic rings. The highest BCUT2D eigenvalue weighted by atomic mass is 16.5. The molecule has 1 unspecified atom stereocenters. The molecule has 2 heterocycles. The summed E-state index contributed by atoms with van der Waals surface area (Å²) in [6.45, 7) is 4.01. The van der Waals surface area contributed by atoms with E-state index in [2.05, 4.69) is 21.9 Å². The van der Waals surface area contributed by atoms with Crippen LogP contribution >= 0.6 is 0 Å². The summed E-state index contributed by atoms with van der Waals surface area (Å²) < 4.78 is 5.13. The average Bonchev–Trinajstić information content (AvgIpc) is 2.85. The first kappa shape index (κ1) is 22.3. The van der Waals surface area contributed by atoms with E-state index in [1.165, 1.54) is 25.6 Å². The number of methoxy groups -OCH3 is 1. The number of rotatable bonds is 6. The highest BCUT2D eigenvalue weighted by Crippen LogP contribution is 2.36.